The van der Waals surface area contributed by atoms with Crippen molar-refractivity contribution in [3.05, 3.63) is 38.8 Å². The molecule has 24 heavy (non-hydrogen) atoms. The zero-order valence-corrected chi connectivity index (χ0v) is 13.8. The Kier molecular flexibility index (Phi) is 3.01. The highest BCUT2D eigenvalue weighted by molar-refractivity contribution is 7.21. The molecule has 10 heteroatoms. The van der Waals surface area contributed by atoms with E-state index in [2.05, 4.69) is 20.5 Å². The molecule has 3 aromatic heterocycles. The molecule has 9 nitrogen and oxygen atoms in total. The molecule has 124 valence electrons. The number of amides is 1. The summed E-state index contributed by atoms with van der Waals surface area (Å²) in [6.07, 6.45) is 3.46. The number of aromatic nitrogens is 5. The van der Waals surface area contributed by atoms with Gasteiger partial charge in [0.15, 0.2) is 0 Å². The molecule has 0 saturated carbocycles. The molecule has 1 aliphatic rings. The Hall–Kier alpha value is -2.75. The van der Waals surface area contributed by atoms with Gasteiger partial charge in [-0.05, 0) is 20.3 Å². The third kappa shape index (κ3) is 1.83. The van der Waals surface area contributed by atoms with E-state index in [1.807, 2.05) is 0 Å². The monoisotopic (exact) mass is 346 g/mol. The van der Waals surface area contributed by atoms with Crippen molar-refractivity contribution < 1.29 is 4.79 Å². The van der Waals surface area contributed by atoms with Crippen molar-refractivity contribution in [1.29, 1.82) is 0 Å². The van der Waals surface area contributed by atoms with E-state index in [9.17, 15) is 14.4 Å². The average molecular weight is 346 g/mol. The fraction of sp³-hybridized carbons (Fsp3) is 0.357. The van der Waals surface area contributed by atoms with Crippen LogP contribution in [0.1, 0.15) is 18.9 Å². The van der Waals surface area contributed by atoms with Gasteiger partial charge in [0, 0.05) is 12.1 Å². The summed E-state index contributed by atoms with van der Waals surface area (Å²) < 4.78 is 1.03. The van der Waals surface area contributed by atoms with Gasteiger partial charge in [0.05, 0.1) is 17.8 Å². The minimum atomic E-state index is -1.18. The summed E-state index contributed by atoms with van der Waals surface area (Å²) in [7, 11) is 0. The van der Waals surface area contributed by atoms with Gasteiger partial charge in [-0.2, -0.15) is 10.2 Å². The van der Waals surface area contributed by atoms with Gasteiger partial charge < -0.3 is 5.32 Å². The maximum Gasteiger partial charge on any atom is 0.330 e. The number of hydrogen-bond acceptors (Lipinski definition) is 6. The van der Waals surface area contributed by atoms with Crippen molar-refractivity contribution in [2.75, 3.05) is 6.54 Å². The topological polar surface area (TPSA) is 115 Å². The first kappa shape index (κ1) is 14.8. The second-order valence-electron chi connectivity index (χ2n) is 5.91. The van der Waals surface area contributed by atoms with Crippen molar-refractivity contribution in [2.45, 2.75) is 25.8 Å². The molecule has 0 aliphatic carbocycles. The first-order chi connectivity index (χ1) is 11.4. The Morgan fingerprint density at radius 3 is 2.58 bits per heavy atom. The number of carbonyl (C=O) groups is 1. The van der Waals surface area contributed by atoms with E-state index in [1.165, 1.54) is 28.5 Å². The molecule has 1 amide bonds. The van der Waals surface area contributed by atoms with Crippen molar-refractivity contribution in [2.24, 2.45) is 0 Å². The smallest absolute Gasteiger partial charge is 0.330 e. The summed E-state index contributed by atoms with van der Waals surface area (Å²) in [5, 5.41) is 11.9. The average Bonchev–Trinajstić information content (AvgIpc) is 3.21. The predicted molar refractivity (Wildman–Crippen MR) is 87.6 cm³/mol. The number of fused-ring (bicyclic) bond motifs is 1. The number of thiophene rings is 1. The lowest BCUT2D eigenvalue weighted by atomic mass is 10.00. The zero-order valence-electron chi connectivity index (χ0n) is 13.0. The highest BCUT2D eigenvalue weighted by Crippen LogP contribution is 2.30. The number of hydrogen-bond donors (Lipinski definition) is 2. The van der Waals surface area contributed by atoms with Gasteiger partial charge in [0.1, 0.15) is 15.4 Å². The Labute approximate surface area is 138 Å². The van der Waals surface area contributed by atoms with Gasteiger partial charge in [-0.25, -0.2) is 9.36 Å². The number of aromatic amines is 1. The standard InChI is InChI=1S/C14H14N6O3S/c1-7-8-9(24-11(7)20-16-5-6-17-20)18-13(23)19(10(8)21)14(2)3-4-15-12(14)22/h5-6H,3-4H2,1-2H3,(H,15,22)(H,18,23)/t14-/m0/s1. The third-order valence-electron chi connectivity index (χ3n) is 4.44. The first-order valence-corrected chi connectivity index (χ1v) is 8.19. The van der Waals surface area contributed by atoms with Crippen LogP contribution in [0.4, 0.5) is 0 Å². The summed E-state index contributed by atoms with van der Waals surface area (Å²) in [4.78, 5) is 42.3. The van der Waals surface area contributed by atoms with Crippen LogP contribution in [0, 0.1) is 6.92 Å². The number of aryl methyl sites for hydroxylation is 1. The van der Waals surface area contributed by atoms with E-state index in [-0.39, 0.29) is 5.91 Å². The van der Waals surface area contributed by atoms with Crippen LogP contribution in [0.2, 0.25) is 0 Å². The van der Waals surface area contributed by atoms with E-state index in [0.29, 0.717) is 33.7 Å². The fourth-order valence-electron chi connectivity index (χ4n) is 3.10. The van der Waals surface area contributed by atoms with Crippen LogP contribution in [0.15, 0.2) is 22.0 Å². The largest absolute Gasteiger partial charge is 0.354 e. The summed E-state index contributed by atoms with van der Waals surface area (Å²) in [5.41, 5.74) is -1.57. The molecule has 3 aromatic rings. The van der Waals surface area contributed by atoms with Crippen molar-refractivity contribution >= 4 is 27.5 Å². The molecule has 4 heterocycles. The van der Waals surface area contributed by atoms with Gasteiger partial charge in [0.25, 0.3) is 5.56 Å². The Balaban J connectivity index is 2.05. The maximum absolute atomic E-state index is 13.0. The Bertz CT molecular complexity index is 1080. The molecule has 1 atom stereocenters. The molecule has 0 radical (unpaired) electrons. The minimum Gasteiger partial charge on any atom is -0.354 e. The van der Waals surface area contributed by atoms with E-state index in [1.54, 1.807) is 13.8 Å². The van der Waals surface area contributed by atoms with Gasteiger partial charge in [0.2, 0.25) is 5.91 Å². The maximum atomic E-state index is 13.0. The summed E-state index contributed by atoms with van der Waals surface area (Å²) in [6.45, 7) is 3.82. The number of nitrogens with one attached hydrogen (secondary N) is 2. The molecule has 0 bridgehead atoms. The molecule has 0 aromatic carbocycles. The van der Waals surface area contributed by atoms with Crippen LogP contribution < -0.4 is 16.6 Å². The SMILES string of the molecule is Cc1c(-n2nccn2)sc2[nH]c(=O)n([C@@]3(C)CCNC3=O)c(=O)c12. The summed E-state index contributed by atoms with van der Waals surface area (Å²) in [5.74, 6) is -0.323. The highest BCUT2D eigenvalue weighted by Gasteiger charge is 2.42. The lowest BCUT2D eigenvalue weighted by molar-refractivity contribution is -0.126. The third-order valence-corrected chi connectivity index (χ3v) is 5.62. The quantitative estimate of drug-likeness (QED) is 0.671. The number of H-pyrrole nitrogens is 1. The second-order valence-corrected chi connectivity index (χ2v) is 6.90. The lowest BCUT2D eigenvalue weighted by Gasteiger charge is -2.22. The Morgan fingerprint density at radius 1 is 1.25 bits per heavy atom. The fourth-order valence-corrected chi connectivity index (χ4v) is 4.21. The zero-order chi connectivity index (χ0) is 17.1. The molecule has 0 spiro atoms. The van der Waals surface area contributed by atoms with E-state index in [0.717, 1.165) is 4.57 Å². The molecule has 1 fully saturated rings. The van der Waals surface area contributed by atoms with Crippen molar-refractivity contribution in [3.8, 4) is 5.00 Å². The molecule has 4 rings (SSSR count). The molecule has 1 aliphatic heterocycles. The first-order valence-electron chi connectivity index (χ1n) is 7.37. The molecular formula is C14H14N6O3S. The van der Waals surface area contributed by atoms with Crippen LogP contribution in [0.25, 0.3) is 15.2 Å². The van der Waals surface area contributed by atoms with Crippen molar-refractivity contribution in [3.63, 3.8) is 0 Å². The van der Waals surface area contributed by atoms with Crippen LogP contribution in [-0.2, 0) is 10.3 Å². The van der Waals surface area contributed by atoms with Crippen LogP contribution in [-0.4, -0.2) is 37.0 Å². The van der Waals surface area contributed by atoms with Gasteiger partial charge in [-0.1, -0.05) is 11.3 Å². The van der Waals surface area contributed by atoms with Crippen LogP contribution in [0.5, 0.6) is 0 Å². The number of nitrogens with zero attached hydrogens (tertiary/aromatic N) is 4. The van der Waals surface area contributed by atoms with Gasteiger partial charge >= 0.3 is 5.69 Å². The lowest BCUT2D eigenvalue weighted by Crippen LogP contribution is -2.51. The highest BCUT2D eigenvalue weighted by atomic mass is 32.1. The number of rotatable bonds is 2. The van der Waals surface area contributed by atoms with E-state index < -0.39 is 16.8 Å². The second kappa shape index (κ2) is 4.87. The van der Waals surface area contributed by atoms with Crippen LogP contribution >= 0.6 is 11.3 Å². The van der Waals surface area contributed by atoms with Crippen molar-refractivity contribution in [1.82, 2.24) is 29.9 Å². The van der Waals surface area contributed by atoms with Crippen LogP contribution in [0.3, 0.4) is 0 Å². The van der Waals surface area contributed by atoms with Gasteiger partial charge in [-0.3, -0.25) is 14.6 Å². The molecule has 1 saturated heterocycles. The molecular weight excluding hydrogens is 332 g/mol. The normalized spacial score (nSPS) is 20.7. The predicted octanol–water partition coefficient (Wildman–Crippen LogP) is -0.124. The summed E-state index contributed by atoms with van der Waals surface area (Å²) in [6, 6.07) is 0. The van der Waals surface area contributed by atoms with Gasteiger partial charge in [-0.15, -0.1) is 4.80 Å². The number of carbonyl (C=O) groups excluding carboxylic acids is 1. The van der Waals surface area contributed by atoms with E-state index in [4.69, 9.17) is 0 Å². The Morgan fingerprint density at radius 2 is 1.96 bits per heavy atom. The molecule has 0 unspecified atom stereocenters. The minimum absolute atomic E-state index is 0.323. The van der Waals surface area contributed by atoms with E-state index >= 15 is 0 Å². The molecule has 2 N–H and O–H groups in total. The summed E-state index contributed by atoms with van der Waals surface area (Å²) >= 11 is 1.23.